The molecular formula is C23H28N4O4. The summed E-state index contributed by atoms with van der Waals surface area (Å²) >= 11 is 0. The molecule has 8 heteroatoms. The third-order valence-corrected chi connectivity index (χ3v) is 5.72. The van der Waals surface area contributed by atoms with Crippen LogP contribution < -0.4 is 20.1 Å². The molecule has 0 spiro atoms. The van der Waals surface area contributed by atoms with Gasteiger partial charge in [-0.25, -0.2) is 0 Å². The highest BCUT2D eigenvalue weighted by atomic mass is 16.7. The first-order chi connectivity index (χ1) is 15.1. The van der Waals surface area contributed by atoms with Crippen molar-refractivity contribution < 1.29 is 19.1 Å². The van der Waals surface area contributed by atoms with Crippen LogP contribution in [-0.2, 0) is 16.1 Å². The number of hydrogen-bond donors (Lipinski definition) is 2. The van der Waals surface area contributed by atoms with Gasteiger partial charge in [0.05, 0.1) is 6.04 Å². The molecular weight excluding hydrogens is 396 g/mol. The molecule has 2 aromatic carbocycles. The average molecular weight is 425 g/mol. The molecule has 8 nitrogen and oxygen atoms in total. The Bertz CT molecular complexity index is 913. The number of carbonyl (C=O) groups is 2. The maximum absolute atomic E-state index is 12.4. The Morgan fingerprint density at radius 1 is 0.935 bits per heavy atom. The highest BCUT2D eigenvalue weighted by molar-refractivity contribution is 6.35. The lowest BCUT2D eigenvalue weighted by Crippen LogP contribution is -2.49. The number of nitrogens with one attached hydrogen (secondary N) is 2. The number of rotatable bonds is 6. The zero-order chi connectivity index (χ0) is 21.6. The molecule has 2 aliphatic heterocycles. The van der Waals surface area contributed by atoms with Gasteiger partial charge in [-0.3, -0.25) is 14.5 Å². The fraction of sp³-hybridized carbons (Fsp3) is 0.391. The summed E-state index contributed by atoms with van der Waals surface area (Å²) in [6, 6.07) is 15.3. The van der Waals surface area contributed by atoms with E-state index in [9.17, 15) is 9.59 Å². The van der Waals surface area contributed by atoms with Crippen molar-refractivity contribution in [1.82, 2.24) is 20.4 Å². The number of piperazine rings is 1. The molecule has 2 amide bonds. The van der Waals surface area contributed by atoms with E-state index in [4.69, 9.17) is 9.47 Å². The van der Waals surface area contributed by atoms with Gasteiger partial charge >= 0.3 is 11.8 Å². The second kappa shape index (κ2) is 9.80. The van der Waals surface area contributed by atoms with E-state index >= 15 is 0 Å². The summed E-state index contributed by atoms with van der Waals surface area (Å²) in [5.41, 5.74) is 1.97. The lowest BCUT2D eigenvalue weighted by atomic mass is 10.0. The number of fused-ring (bicyclic) bond motifs is 1. The topological polar surface area (TPSA) is 83.1 Å². The fourth-order valence-electron chi connectivity index (χ4n) is 3.84. The summed E-state index contributed by atoms with van der Waals surface area (Å²) in [4.78, 5) is 29.3. The maximum atomic E-state index is 12.4. The van der Waals surface area contributed by atoms with Crippen LogP contribution in [0.15, 0.2) is 48.5 Å². The van der Waals surface area contributed by atoms with Gasteiger partial charge < -0.3 is 25.0 Å². The van der Waals surface area contributed by atoms with E-state index < -0.39 is 11.8 Å². The highest BCUT2D eigenvalue weighted by Gasteiger charge is 2.27. The monoisotopic (exact) mass is 424 g/mol. The second-order valence-corrected chi connectivity index (χ2v) is 7.85. The Morgan fingerprint density at radius 3 is 2.42 bits per heavy atom. The molecule has 0 saturated carbocycles. The number of amides is 2. The lowest BCUT2D eigenvalue weighted by Gasteiger charge is -2.38. The van der Waals surface area contributed by atoms with Crippen molar-refractivity contribution in [2.75, 3.05) is 46.6 Å². The number of benzene rings is 2. The number of carbonyl (C=O) groups excluding carboxylic acids is 2. The van der Waals surface area contributed by atoms with Crippen molar-refractivity contribution in [3.05, 3.63) is 59.7 Å². The van der Waals surface area contributed by atoms with Crippen LogP contribution in [0.2, 0.25) is 0 Å². The minimum Gasteiger partial charge on any atom is -0.454 e. The van der Waals surface area contributed by atoms with Gasteiger partial charge in [-0.05, 0) is 30.3 Å². The Kier molecular flexibility index (Phi) is 6.69. The van der Waals surface area contributed by atoms with Crippen LogP contribution in [0.4, 0.5) is 0 Å². The van der Waals surface area contributed by atoms with Crippen LogP contribution in [-0.4, -0.2) is 68.2 Å². The van der Waals surface area contributed by atoms with Crippen LogP contribution >= 0.6 is 0 Å². The molecule has 1 atom stereocenters. The van der Waals surface area contributed by atoms with Crippen molar-refractivity contribution >= 4 is 11.8 Å². The van der Waals surface area contributed by atoms with E-state index in [2.05, 4.69) is 27.5 Å². The predicted octanol–water partition coefficient (Wildman–Crippen LogP) is 1.14. The molecule has 0 aromatic heterocycles. The molecule has 0 bridgehead atoms. The highest BCUT2D eigenvalue weighted by Crippen LogP contribution is 2.35. The van der Waals surface area contributed by atoms with Crippen LogP contribution in [0.1, 0.15) is 17.2 Å². The third kappa shape index (κ3) is 5.34. The van der Waals surface area contributed by atoms with Crippen LogP contribution in [0, 0.1) is 0 Å². The Labute approximate surface area is 182 Å². The molecule has 2 N–H and O–H groups in total. The quantitative estimate of drug-likeness (QED) is 0.677. The number of hydrogen-bond acceptors (Lipinski definition) is 6. The fourth-order valence-corrected chi connectivity index (χ4v) is 3.84. The first-order valence-corrected chi connectivity index (χ1v) is 10.5. The largest absolute Gasteiger partial charge is 0.454 e. The average Bonchev–Trinajstić information content (AvgIpc) is 3.27. The van der Waals surface area contributed by atoms with Crippen molar-refractivity contribution in [3.63, 3.8) is 0 Å². The van der Waals surface area contributed by atoms with Gasteiger partial charge in [0.1, 0.15) is 0 Å². The van der Waals surface area contributed by atoms with Gasteiger partial charge in [0, 0.05) is 39.3 Å². The first kappa shape index (κ1) is 21.1. The zero-order valence-corrected chi connectivity index (χ0v) is 17.7. The van der Waals surface area contributed by atoms with E-state index in [-0.39, 0.29) is 12.8 Å². The molecule has 2 aromatic rings. The van der Waals surface area contributed by atoms with Gasteiger partial charge in [-0.2, -0.15) is 0 Å². The van der Waals surface area contributed by atoms with Crippen LogP contribution in [0.3, 0.4) is 0 Å². The second-order valence-electron chi connectivity index (χ2n) is 7.85. The summed E-state index contributed by atoms with van der Waals surface area (Å²) in [5.74, 6) is 0.177. The molecule has 0 radical (unpaired) electrons. The van der Waals surface area contributed by atoms with E-state index in [0.717, 1.165) is 43.1 Å². The molecule has 1 saturated heterocycles. The zero-order valence-electron chi connectivity index (χ0n) is 17.7. The van der Waals surface area contributed by atoms with Crippen molar-refractivity contribution in [2.24, 2.45) is 0 Å². The molecule has 1 unspecified atom stereocenters. The summed E-state index contributed by atoms with van der Waals surface area (Å²) in [7, 11) is 2.10. The molecule has 1 fully saturated rings. The molecule has 2 aliphatic rings. The van der Waals surface area contributed by atoms with E-state index in [1.807, 2.05) is 48.5 Å². The Morgan fingerprint density at radius 2 is 1.65 bits per heavy atom. The van der Waals surface area contributed by atoms with Gasteiger partial charge in [-0.15, -0.1) is 0 Å². The first-order valence-electron chi connectivity index (χ1n) is 10.5. The summed E-state index contributed by atoms with van der Waals surface area (Å²) in [6.45, 7) is 4.53. The number of ether oxygens (including phenoxy) is 2. The van der Waals surface area contributed by atoms with Crippen molar-refractivity contribution in [1.29, 1.82) is 0 Å². The molecule has 164 valence electrons. The molecule has 4 rings (SSSR count). The summed E-state index contributed by atoms with van der Waals surface area (Å²) in [6.07, 6.45) is 0. The Hall–Kier alpha value is -3.10. The smallest absolute Gasteiger partial charge is 0.309 e. The third-order valence-electron chi connectivity index (χ3n) is 5.72. The van der Waals surface area contributed by atoms with Gasteiger partial charge in [0.15, 0.2) is 11.5 Å². The summed E-state index contributed by atoms with van der Waals surface area (Å²) < 4.78 is 11.0. The molecule has 0 aliphatic carbocycles. The van der Waals surface area contributed by atoms with Crippen molar-refractivity contribution in [2.45, 2.75) is 12.6 Å². The van der Waals surface area contributed by atoms with Gasteiger partial charge in [-0.1, -0.05) is 36.4 Å². The lowest BCUT2D eigenvalue weighted by molar-refractivity contribution is -0.139. The normalized spacial score (nSPS) is 17.2. The van der Waals surface area contributed by atoms with E-state index in [0.29, 0.717) is 18.8 Å². The van der Waals surface area contributed by atoms with Gasteiger partial charge in [0.25, 0.3) is 0 Å². The summed E-state index contributed by atoms with van der Waals surface area (Å²) in [5, 5.41) is 5.49. The minimum atomic E-state index is -0.633. The minimum absolute atomic E-state index is 0.0610. The maximum Gasteiger partial charge on any atom is 0.309 e. The standard InChI is InChI=1S/C23H28N4O4/c1-26-9-11-27(12-10-26)19(18-7-8-20-21(13-18)31-16-30-20)15-25-23(29)22(28)24-14-17-5-3-2-4-6-17/h2-8,13,19H,9-12,14-16H2,1H3,(H,24,28)(H,25,29). The number of nitrogens with zero attached hydrogens (tertiary/aromatic N) is 2. The SMILES string of the molecule is CN1CCN(C(CNC(=O)C(=O)NCc2ccccc2)c2ccc3c(c2)OCO3)CC1. The predicted molar refractivity (Wildman–Crippen MR) is 116 cm³/mol. The molecule has 31 heavy (non-hydrogen) atoms. The Balaban J connectivity index is 1.39. The van der Waals surface area contributed by atoms with E-state index in [1.54, 1.807) is 0 Å². The van der Waals surface area contributed by atoms with Gasteiger partial charge in [0.2, 0.25) is 6.79 Å². The number of likely N-dealkylation sites (N-methyl/N-ethyl adjacent to an activating group) is 1. The van der Waals surface area contributed by atoms with E-state index in [1.165, 1.54) is 0 Å². The molecule has 2 heterocycles. The van der Waals surface area contributed by atoms with Crippen molar-refractivity contribution in [3.8, 4) is 11.5 Å². The van der Waals surface area contributed by atoms with Crippen LogP contribution in [0.5, 0.6) is 11.5 Å². The van der Waals surface area contributed by atoms with Crippen LogP contribution in [0.25, 0.3) is 0 Å².